The SMILES string of the molecule is O=C1N=C(c2ccccc2)c2c(O)[nH]c(-c3ccccc3)c21.O=c1c2c([nH]c3ccccc13)Cc1c([nH]c3ccccc3c1=O)C2. The van der Waals surface area contributed by atoms with Gasteiger partial charge in [0.15, 0.2) is 16.7 Å². The molecular weight excluding hydrogens is 576 g/mol. The lowest BCUT2D eigenvalue weighted by Gasteiger charge is -2.20. The quantitative estimate of drug-likeness (QED) is 0.186. The van der Waals surface area contributed by atoms with Crippen LogP contribution in [0.3, 0.4) is 0 Å². The van der Waals surface area contributed by atoms with Crippen molar-refractivity contribution < 1.29 is 9.90 Å². The molecule has 8 nitrogen and oxygen atoms in total. The van der Waals surface area contributed by atoms with Crippen LogP contribution in [0.1, 0.15) is 44.0 Å². The van der Waals surface area contributed by atoms with Gasteiger partial charge in [-0.25, -0.2) is 4.99 Å². The van der Waals surface area contributed by atoms with Crippen molar-refractivity contribution in [1.82, 2.24) is 15.0 Å². The number of rotatable bonds is 2. The van der Waals surface area contributed by atoms with Gasteiger partial charge in [0.2, 0.25) is 0 Å². The van der Waals surface area contributed by atoms with E-state index in [2.05, 4.69) is 19.9 Å². The van der Waals surface area contributed by atoms with Crippen molar-refractivity contribution >= 4 is 33.4 Å². The fourth-order valence-electron chi connectivity index (χ4n) is 6.46. The van der Waals surface area contributed by atoms with E-state index in [9.17, 15) is 19.5 Å². The van der Waals surface area contributed by atoms with Crippen molar-refractivity contribution in [2.45, 2.75) is 12.8 Å². The Bertz CT molecular complexity index is 2390. The van der Waals surface area contributed by atoms with Crippen LogP contribution in [0.4, 0.5) is 0 Å². The molecule has 9 rings (SSSR count). The average Bonchev–Trinajstić information content (AvgIpc) is 3.63. The zero-order chi connectivity index (χ0) is 31.4. The largest absolute Gasteiger partial charge is 0.494 e. The predicted octanol–water partition coefficient (Wildman–Crippen LogP) is 6.24. The number of aromatic amines is 3. The topological polar surface area (TPSA) is 131 Å². The first kappa shape index (κ1) is 27.3. The lowest BCUT2D eigenvalue weighted by molar-refractivity contribution is 0.101. The fraction of sp³-hybridized carbons (Fsp3) is 0.0526. The van der Waals surface area contributed by atoms with Gasteiger partial charge in [-0.05, 0) is 29.8 Å². The van der Waals surface area contributed by atoms with Crippen LogP contribution < -0.4 is 10.9 Å². The molecule has 0 fully saturated rings. The van der Waals surface area contributed by atoms with E-state index >= 15 is 0 Å². The number of benzene rings is 4. The summed E-state index contributed by atoms with van der Waals surface area (Å²) >= 11 is 0. The highest BCUT2D eigenvalue weighted by Crippen LogP contribution is 2.37. The lowest BCUT2D eigenvalue weighted by atomic mass is 9.90. The van der Waals surface area contributed by atoms with Crippen LogP contribution in [-0.4, -0.2) is 31.7 Å². The van der Waals surface area contributed by atoms with Crippen LogP contribution >= 0.6 is 0 Å². The third-order valence-corrected chi connectivity index (χ3v) is 8.65. The highest BCUT2D eigenvalue weighted by atomic mass is 16.3. The molecule has 3 aromatic heterocycles. The van der Waals surface area contributed by atoms with Crippen molar-refractivity contribution in [3.8, 4) is 17.1 Å². The first-order valence-electron chi connectivity index (χ1n) is 14.9. The molecule has 0 saturated heterocycles. The number of pyridine rings is 2. The van der Waals surface area contributed by atoms with Crippen molar-refractivity contribution in [2.75, 3.05) is 0 Å². The summed E-state index contributed by atoms with van der Waals surface area (Å²) in [5.41, 5.74) is 8.66. The average molecular weight is 603 g/mol. The van der Waals surface area contributed by atoms with E-state index in [1.54, 1.807) is 0 Å². The molecular formula is C38H26N4O4. The number of hydrogen-bond acceptors (Lipinski definition) is 4. The number of carbonyl (C=O) groups excluding carboxylic acids is 1. The summed E-state index contributed by atoms with van der Waals surface area (Å²) in [5.74, 6) is -0.355. The van der Waals surface area contributed by atoms with E-state index in [0.29, 0.717) is 46.1 Å². The number of hydrogen-bond donors (Lipinski definition) is 4. The van der Waals surface area contributed by atoms with Gasteiger partial charge in [-0.15, -0.1) is 0 Å². The van der Waals surface area contributed by atoms with Crippen LogP contribution in [0.5, 0.6) is 5.88 Å². The first-order valence-corrected chi connectivity index (χ1v) is 14.9. The van der Waals surface area contributed by atoms with Crippen molar-refractivity contribution in [2.24, 2.45) is 4.99 Å². The lowest BCUT2D eigenvalue weighted by Crippen LogP contribution is -2.25. The Kier molecular flexibility index (Phi) is 6.35. The smallest absolute Gasteiger partial charge is 0.280 e. The number of nitrogens with zero attached hydrogens (tertiary/aromatic N) is 1. The van der Waals surface area contributed by atoms with E-state index in [1.807, 2.05) is 109 Å². The Morgan fingerprint density at radius 3 is 1.57 bits per heavy atom. The van der Waals surface area contributed by atoms with Crippen molar-refractivity contribution in [3.63, 3.8) is 0 Å². The molecule has 0 bridgehead atoms. The van der Waals surface area contributed by atoms with E-state index in [1.165, 1.54) is 0 Å². The van der Waals surface area contributed by atoms with Gasteiger partial charge in [-0.1, -0.05) is 84.9 Å². The second kappa shape index (κ2) is 10.7. The number of carbonyl (C=O) groups is 1. The summed E-state index contributed by atoms with van der Waals surface area (Å²) in [6, 6.07) is 33.9. The second-order valence-corrected chi connectivity index (χ2v) is 11.4. The maximum absolute atomic E-state index is 12.8. The molecule has 0 atom stereocenters. The molecule has 4 N–H and O–H groups in total. The van der Waals surface area contributed by atoms with Crippen LogP contribution in [0.25, 0.3) is 33.1 Å². The number of amides is 1. The number of para-hydroxylation sites is 2. The van der Waals surface area contributed by atoms with Crippen molar-refractivity contribution in [1.29, 1.82) is 0 Å². The van der Waals surface area contributed by atoms with Gasteiger partial charge in [-0.3, -0.25) is 14.4 Å². The predicted molar refractivity (Wildman–Crippen MR) is 179 cm³/mol. The highest BCUT2D eigenvalue weighted by Gasteiger charge is 2.33. The summed E-state index contributed by atoms with van der Waals surface area (Å²) in [4.78, 5) is 51.7. The molecule has 1 amide bonds. The molecule has 8 heteroatoms. The third-order valence-electron chi connectivity index (χ3n) is 8.65. The van der Waals surface area contributed by atoms with Gasteiger partial charge in [0, 0.05) is 62.7 Å². The molecule has 7 aromatic rings. The summed E-state index contributed by atoms with van der Waals surface area (Å²) in [6.45, 7) is 0. The van der Waals surface area contributed by atoms with E-state index < -0.39 is 0 Å². The molecule has 222 valence electrons. The minimum atomic E-state index is -0.329. The molecule has 1 aliphatic carbocycles. The Morgan fingerprint density at radius 2 is 1.02 bits per heavy atom. The van der Waals surface area contributed by atoms with E-state index in [4.69, 9.17) is 0 Å². The van der Waals surface area contributed by atoms with E-state index in [0.717, 1.165) is 44.7 Å². The second-order valence-electron chi connectivity index (χ2n) is 11.4. The number of fused-ring (bicyclic) bond motifs is 5. The Morgan fingerprint density at radius 1 is 0.543 bits per heavy atom. The molecule has 0 unspecified atom stereocenters. The number of H-pyrrole nitrogens is 3. The Labute approximate surface area is 261 Å². The summed E-state index contributed by atoms with van der Waals surface area (Å²) in [6.07, 6.45) is 0.926. The maximum atomic E-state index is 12.8. The summed E-state index contributed by atoms with van der Waals surface area (Å²) < 4.78 is 0. The van der Waals surface area contributed by atoms with Gasteiger partial charge in [0.1, 0.15) is 0 Å². The number of nitrogens with one attached hydrogen (secondary N) is 3. The minimum absolute atomic E-state index is 0.0256. The van der Waals surface area contributed by atoms with Crippen LogP contribution in [0.2, 0.25) is 0 Å². The molecule has 4 heterocycles. The first-order chi connectivity index (χ1) is 22.5. The summed E-state index contributed by atoms with van der Waals surface area (Å²) in [5, 5.41) is 11.7. The van der Waals surface area contributed by atoms with Gasteiger partial charge in [0.25, 0.3) is 5.91 Å². The number of aromatic nitrogens is 3. The maximum Gasteiger partial charge on any atom is 0.280 e. The molecule has 46 heavy (non-hydrogen) atoms. The van der Waals surface area contributed by atoms with Crippen LogP contribution in [-0.2, 0) is 12.8 Å². The number of aliphatic imine (C=N–C) groups is 1. The molecule has 0 radical (unpaired) electrons. The Balaban J connectivity index is 0.000000136. The molecule has 2 aliphatic rings. The highest BCUT2D eigenvalue weighted by molar-refractivity contribution is 6.30. The van der Waals surface area contributed by atoms with Gasteiger partial charge in [0.05, 0.1) is 22.5 Å². The monoisotopic (exact) mass is 602 g/mol. The third kappa shape index (κ3) is 4.38. The van der Waals surface area contributed by atoms with Gasteiger partial charge < -0.3 is 20.1 Å². The van der Waals surface area contributed by atoms with Gasteiger partial charge >= 0.3 is 0 Å². The minimum Gasteiger partial charge on any atom is -0.494 e. The Hall–Kier alpha value is -6.28. The summed E-state index contributed by atoms with van der Waals surface area (Å²) in [7, 11) is 0. The van der Waals surface area contributed by atoms with Gasteiger partial charge in [-0.2, -0.15) is 0 Å². The number of aromatic hydroxyl groups is 1. The zero-order valence-electron chi connectivity index (χ0n) is 24.4. The fourth-order valence-corrected chi connectivity index (χ4v) is 6.46. The molecule has 0 saturated carbocycles. The van der Waals surface area contributed by atoms with Crippen LogP contribution in [0, 0.1) is 0 Å². The molecule has 1 aliphatic heterocycles. The zero-order valence-corrected chi connectivity index (χ0v) is 24.4. The van der Waals surface area contributed by atoms with Crippen molar-refractivity contribution in [3.05, 3.63) is 169 Å². The standard InChI is InChI=1S/C20H14N2O2.C18H12N2O2/c23-19-11-5-1-3-7-15(11)21-17-10-14-18(9-13(17)19)22-16-8-4-2-6-12(16)20(14)24;21-17-13-14(16(20-17)12-9-5-2-6-10-12)18(22)19-15(13)11-7-3-1-4-8-11/h1-8H,9-10H2,(H,21,23)(H,22,24);1-10,19,22H. The molecule has 4 aromatic carbocycles. The van der Waals surface area contributed by atoms with Crippen LogP contribution in [0.15, 0.2) is 124 Å². The molecule has 0 spiro atoms. The van der Waals surface area contributed by atoms with E-state index in [-0.39, 0.29) is 22.6 Å². The normalized spacial score (nSPS) is 13.0.